The Bertz CT molecular complexity index is 850. The van der Waals surface area contributed by atoms with Gasteiger partial charge in [0.1, 0.15) is 5.75 Å². The summed E-state index contributed by atoms with van der Waals surface area (Å²) >= 11 is 0. The summed E-state index contributed by atoms with van der Waals surface area (Å²) in [6, 6.07) is 15.9. The lowest BCUT2D eigenvalue weighted by atomic mass is 10.1. The van der Waals surface area contributed by atoms with Crippen molar-refractivity contribution >= 4 is 24.5 Å². The van der Waals surface area contributed by atoms with Crippen LogP contribution in [0.3, 0.4) is 0 Å². The molecule has 1 saturated heterocycles. The van der Waals surface area contributed by atoms with Gasteiger partial charge in [-0.1, -0.05) is 48.5 Å². The summed E-state index contributed by atoms with van der Waals surface area (Å²) < 4.78 is 0. The third-order valence-electron chi connectivity index (χ3n) is 4.99. The molecular formula is C23H29ClN4O2. The number of nitrogens with zero attached hydrogens (tertiary/aromatic N) is 3. The Labute approximate surface area is 184 Å². The molecule has 160 valence electrons. The van der Waals surface area contributed by atoms with Crippen LogP contribution in [0.1, 0.15) is 16.7 Å². The van der Waals surface area contributed by atoms with E-state index in [-0.39, 0.29) is 24.1 Å². The van der Waals surface area contributed by atoms with Gasteiger partial charge in [0, 0.05) is 38.3 Å². The highest BCUT2D eigenvalue weighted by Gasteiger charge is 2.18. The van der Waals surface area contributed by atoms with E-state index in [2.05, 4.69) is 51.2 Å². The van der Waals surface area contributed by atoms with Crippen LogP contribution in [0.15, 0.2) is 66.3 Å². The van der Waals surface area contributed by atoms with Crippen molar-refractivity contribution in [1.82, 2.24) is 15.2 Å². The molecule has 2 aromatic carbocycles. The number of piperazine rings is 1. The molecule has 0 bridgehead atoms. The highest BCUT2D eigenvalue weighted by Crippen LogP contribution is 2.21. The molecule has 0 aliphatic carbocycles. The van der Waals surface area contributed by atoms with Crippen LogP contribution < -0.4 is 5.43 Å². The van der Waals surface area contributed by atoms with E-state index in [1.807, 2.05) is 18.2 Å². The molecule has 0 aromatic heterocycles. The molecule has 1 aliphatic rings. The normalized spacial score (nSPS) is 14.9. The Balaban J connectivity index is 0.00000320. The van der Waals surface area contributed by atoms with Gasteiger partial charge in [0.2, 0.25) is 0 Å². The van der Waals surface area contributed by atoms with Crippen LogP contribution >= 0.6 is 12.4 Å². The fourth-order valence-corrected chi connectivity index (χ4v) is 3.39. The first-order chi connectivity index (χ1) is 14.2. The van der Waals surface area contributed by atoms with E-state index in [1.54, 1.807) is 12.1 Å². The number of nitrogens with one attached hydrogen (secondary N) is 1. The number of phenolic OH excluding ortho intramolecular Hbond substituents is 1. The first kappa shape index (κ1) is 23.6. The maximum absolute atomic E-state index is 12.2. The third kappa shape index (κ3) is 6.99. The zero-order chi connectivity index (χ0) is 20.5. The Kier molecular flexibility index (Phi) is 9.54. The molecule has 2 aromatic rings. The van der Waals surface area contributed by atoms with Gasteiger partial charge in [0.15, 0.2) is 0 Å². The molecule has 1 amide bonds. The molecule has 0 unspecified atom stereocenters. The second-order valence-corrected chi connectivity index (χ2v) is 7.18. The quantitative estimate of drug-likeness (QED) is 0.385. The van der Waals surface area contributed by atoms with E-state index >= 15 is 0 Å². The van der Waals surface area contributed by atoms with Crippen LogP contribution in [0.2, 0.25) is 0 Å². The van der Waals surface area contributed by atoms with Crippen molar-refractivity contribution in [3.63, 3.8) is 0 Å². The number of carbonyl (C=O) groups is 1. The number of hydrazone groups is 1. The summed E-state index contributed by atoms with van der Waals surface area (Å²) in [5.41, 5.74) is 5.22. The van der Waals surface area contributed by atoms with Gasteiger partial charge in [-0.05, 0) is 23.6 Å². The molecule has 0 spiro atoms. The Morgan fingerprint density at radius 3 is 2.47 bits per heavy atom. The molecule has 30 heavy (non-hydrogen) atoms. The van der Waals surface area contributed by atoms with Crippen LogP contribution in [0.5, 0.6) is 5.75 Å². The average molecular weight is 429 g/mol. The number of rotatable bonds is 8. The van der Waals surface area contributed by atoms with Crippen molar-refractivity contribution in [1.29, 1.82) is 0 Å². The Hall–Kier alpha value is -2.67. The lowest BCUT2D eigenvalue weighted by Gasteiger charge is -2.34. The lowest BCUT2D eigenvalue weighted by Crippen LogP contribution is -2.48. The maximum atomic E-state index is 12.2. The summed E-state index contributed by atoms with van der Waals surface area (Å²) in [4.78, 5) is 16.7. The topological polar surface area (TPSA) is 68.2 Å². The average Bonchev–Trinajstić information content (AvgIpc) is 2.73. The van der Waals surface area contributed by atoms with Crippen LogP contribution in [-0.4, -0.2) is 59.8 Å². The van der Waals surface area contributed by atoms with Crippen molar-refractivity contribution in [2.45, 2.75) is 13.0 Å². The number of halogens is 1. The highest BCUT2D eigenvalue weighted by atomic mass is 35.5. The molecule has 2 N–H and O–H groups in total. The number of phenols is 1. The molecular weight excluding hydrogens is 400 g/mol. The van der Waals surface area contributed by atoms with Crippen LogP contribution in [-0.2, 0) is 17.8 Å². The number of amides is 1. The Morgan fingerprint density at radius 1 is 1.07 bits per heavy atom. The van der Waals surface area contributed by atoms with E-state index in [1.165, 1.54) is 11.8 Å². The molecule has 0 radical (unpaired) electrons. The van der Waals surface area contributed by atoms with Gasteiger partial charge in [0.05, 0.1) is 12.8 Å². The molecule has 6 nitrogen and oxygen atoms in total. The third-order valence-corrected chi connectivity index (χ3v) is 4.99. The fraction of sp³-hybridized carbons (Fsp3) is 0.304. The SMILES string of the molecule is C=CCc1cccc(/C=N/NC(=O)CN2CCN(Cc3ccccc3)CC2)c1O.Cl. The zero-order valence-corrected chi connectivity index (χ0v) is 17.9. The van der Waals surface area contributed by atoms with Crippen LogP contribution in [0, 0.1) is 0 Å². The number of hydrogen-bond acceptors (Lipinski definition) is 5. The van der Waals surface area contributed by atoms with Gasteiger partial charge in [-0.3, -0.25) is 14.6 Å². The Morgan fingerprint density at radius 2 is 1.77 bits per heavy atom. The van der Waals surface area contributed by atoms with Crippen LogP contribution in [0.4, 0.5) is 0 Å². The lowest BCUT2D eigenvalue weighted by molar-refractivity contribution is -0.122. The molecule has 1 aliphatic heterocycles. The van der Waals surface area contributed by atoms with Gasteiger partial charge >= 0.3 is 0 Å². The smallest absolute Gasteiger partial charge is 0.254 e. The number of aromatic hydroxyl groups is 1. The highest BCUT2D eigenvalue weighted by molar-refractivity contribution is 5.86. The number of para-hydroxylation sites is 1. The molecule has 1 heterocycles. The first-order valence-corrected chi connectivity index (χ1v) is 9.88. The molecule has 7 heteroatoms. The standard InChI is InChI=1S/C23H28N4O2.ClH/c1-2-7-20-10-6-11-21(23(20)29)16-24-25-22(28)18-27-14-12-26(13-15-27)17-19-8-4-3-5-9-19;/h2-6,8-11,16,29H,1,7,12-15,17-18H2,(H,25,28);1H/b24-16+;. The number of carbonyl (C=O) groups excluding carboxylic acids is 1. The van der Waals surface area contributed by atoms with Gasteiger partial charge in [0.25, 0.3) is 5.91 Å². The van der Waals surface area contributed by atoms with Gasteiger partial charge in [-0.15, -0.1) is 19.0 Å². The second-order valence-electron chi connectivity index (χ2n) is 7.18. The van der Waals surface area contributed by atoms with Gasteiger partial charge in [-0.2, -0.15) is 5.10 Å². The summed E-state index contributed by atoms with van der Waals surface area (Å²) in [6.07, 6.45) is 3.78. The molecule has 3 rings (SSSR count). The van der Waals surface area contributed by atoms with Crippen molar-refractivity contribution in [2.75, 3.05) is 32.7 Å². The number of allylic oxidation sites excluding steroid dienone is 1. The monoisotopic (exact) mass is 428 g/mol. The minimum atomic E-state index is -0.153. The molecule has 1 fully saturated rings. The van der Waals surface area contributed by atoms with E-state index in [0.717, 1.165) is 38.3 Å². The number of benzene rings is 2. The van der Waals surface area contributed by atoms with Crippen LogP contribution in [0.25, 0.3) is 0 Å². The van der Waals surface area contributed by atoms with Crippen molar-refractivity contribution in [3.8, 4) is 5.75 Å². The second kappa shape index (κ2) is 12.1. The summed E-state index contributed by atoms with van der Waals surface area (Å²) in [5, 5.41) is 14.2. The van der Waals surface area contributed by atoms with Crippen molar-refractivity contribution in [2.24, 2.45) is 5.10 Å². The first-order valence-electron chi connectivity index (χ1n) is 9.88. The van der Waals surface area contributed by atoms with Crippen molar-refractivity contribution in [3.05, 3.63) is 77.9 Å². The fourth-order valence-electron chi connectivity index (χ4n) is 3.39. The van der Waals surface area contributed by atoms with E-state index in [0.29, 0.717) is 18.5 Å². The predicted molar refractivity (Wildman–Crippen MR) is 123 cm³/mol. The largest absolute Gasteiger partial charge is 0.507 e. The molecule has 0 saturated carbocycles. The zero-order valence-electron chi connectivity index (χ0n) is 17.0. The number of hydrogen-bond donors (Lipinski definition) is 2. The summed E-state index contributed by atoms with van der Waals surface area (Å²) in [7, 11) is 0. The summed E-state index contributed by atoms with van der Waals surface area (Å²) in [5.74, 6) is 0.0134. The minimum Gasteiger partial charge on any atom is -0.507 e. The van der Waals surface area contributed by atoms with Crippen molar-refractivity contribution < 1.29 is 9.90 Å². The van der Waals surface area contributed by atoms with Gasteiger partial charge < -0.3 is 5.11 Å². The minimum absolute atomic E-state index is 0. The predicted octanol–water partition coefficient (Wildman–Crippen LogP) is 2.81. The summed E-state index contributed by atoms with van der Waals surface area (Å²) in [6.45, 7) is 8.54. The van der Waals surface area contributed by atoms with E-state index in [9.17, 15) is 9.90 Å². The van der Waals surface area contributed by atoms with E-state index < -0.39 is 0 Å². The van der Waals surface area contributed by atoms with Gasteiger partial charge in [-0.25, -0.2) is 5.43 Å². The maximum Gasteiger partial charge on any atom is 0.254 e. The van der Waals surface area contributed by atoms with E-state index in [4.69, 9.17) is 0 Å². The molecule has 0 atom stereocenters.